The van der Waals surface area contributed by atoms with Crippen molar-refractivity contribution >= 4 is 40.5 Å². The van der Waals surface area contributed by atoms with Crippen molar-refractivity contribution in [1.29, 1.82) is 0 Å². The van der Waals surface area contributed by atoms with Gasteiger partial charge in [0.05, 0.1) is 9.80 Å². The standard InChI is InChI=1S/C16H11ClN4O6S/c17-10-4-3-9(6-11(10)21(24)25)16(23)18-7-14(22)26-8-13-19-15(20-27-13)12-2-1-5-28-12/h1-6H,7-8H2,(H,18,23). The fourth-order valence-electron chi connectivity index (χ4n) is 2.06. The van der Waals surface area contributed by atoms with Gasteiger partial charge in [0.15, 0.2) is 6.61 Å². The van der Waals surface area contributed by atoms with Gasteiger partial charge in [0.1, 0.15) is 11.6 Å². The van der Waals surface area contributed by atoms with E-state index < -0.39 is 29.0 Å². The predicted molar refractivity (Wildman–Crippen MR) is 97.8 cm³/mol. The van der Waals surface area contributed by atoms with Crippen molar-refractivity contribution in [3.05, 3.63) is 62.3 Å². The Morgan fingerprint density at radius 1 is 1.36 bits per heavy atom. The maximum Gasteiger partial charge on any atom is 0.325 e. The zero-order chi connectivity index (χ0) is 20.1. The van der Waals surface area contributed by atoms with Gasteiger partial charge in [-0.05, 0) is 23.6 Å². The minimum atomic E-state index is -0.743. The summed E-state index contributed by atoms with van der Waals surface area (Å²) in [6.45, 7) is -0.694. The molecular formula is C16H11ClN4O6S. The van der Waals surface area contributed by atoms with E-state index in [4.69, 9.17) is 20.9 Å². The highest BCUT2D eigenvalue weighted by atomic mass is 35.5. The van der Waals surface area contributed by atoms with Crippen molar-refractivity contribution in [2.24, 2.45) is 0 Å². The Kier molecular flexibility index (Phi) is 5.96. The molecule has 0 bridgehead atoms. The number of carbonyl (C=O) groups is 2. The molecule has 28 heavy (non-hydrogen) atoms. The molecule has 3 aromatic rings. The van der Waals surface area contributed by atoms with Crippen molar-refractivity contribution < 1.29 is 23.8 Å². The molecule has 0 saturated heterocycles. The number of esters is 1. The molecule has 0 saturated carbocycles. The number of halogens is 1. The van der Waals surface area contributed by atoms with Crippen LogP contribution in [0.1, 0.15) is 16.2 Å². The lowest BCUT2D eigenvalue weighted by molar-refractivity contribution is -0.384. The van der Waals surface area contributed by atoms with Crippen LogP contribution in [0.25, 0.3) is 10.7 Å². The van der Waals surface area contributed by atoms with Crippen molar-refractivity contribution in [2.75, 3.05) is 6.54 Å². The van der Waals surface area contributed by atoms with Crippen molar-refractivity contribution in [1.82, 2.24) is 15.5 Å². The number of ether oxygens (including phenoxy) is 1. The SMILES string of the molecule is O=C(CNC(=O)c1ccc(Cl)c([N+](=O)[O-])c1)OCc1nc(-c2cccs2)no1. The number of nitro groups is 1. The molecule has 1 amide bonds. The Hall–Kier alpha value is -3.31. The Morgan fingerprint density at radius 3 is 2.89 bits per heavy atom. The fourth-order valence-corrected chi connectivity index (χ4v) is 2.90. The third-order valence-corrected chi connectivity index (χ3v) is 4.55. The van der Waals surface area contributed by atoms with Gasteiger partial charge in [-0.15, -0.1) is 11.3 Å². The summed E-state index contributed by atoms with van der Waals surface area (Å²) in [6.07, 6.45) is 0. The summed E-state index contributed by atoms with van der Waals surface area (Å²) in [5.74, 6) is -0.933. The Balaban J connectivity index is 1.50. The first kappa shape index (κ1) is 19.5. The highest BCUT2D eigenvalue weighted by Gasteiger charge is 2.17. The van der Waals surface area contributed by atoms with Gasteiger partial charge in [0.25, 0.3) is 17.5 Å². The normalized spacial score (nSPS) is 10.5. The molecule has 2 aromatic heterocycles. The van der Waals surface area contributed by atoms with Crippen LogP contribution in [0.4, 0.5) is 5.69 Å². The number of rotatable bonds is 7. The second-order valence-corrected chi connectivity index (χ2v) is 6.61. The first-order valence-electron chi connectivity index (χ1n) is 7.68. The van der Waals surface area contributed by atoms with E-state index in [1.807, 2.05) is 17.5 Å². The molecular weight excluding hydrogens is 412 g/mol. The zero-order valence-corrected chi connectivity index (χ0v) is 15.5. The van der Waals surface area contributed by atoms with Crippen LogP contribution in [0.2, 0.25) is 5.02 Å². The van der Waals surface area contributed by atoms with Crippen LogP contribution in [-0.4, -0.2) is 33.5 Å². The van der Waals surface area contributed by atoms with E-state index in [2.05, 4.69) is 15.5 Å². The van der Waals surface area contributed by atoms with E-state index in [1.54, 1.807) is 0 Å². The first-order valence-corrected chi connectivity index (χ1v) is 8.94. The Morgan fingerprint density at radius 2 is 2.18 bits per heavy atom. The van der Waals surface area contributed by atoms with Gasteiger partial charge in [-0.2, -0.15) is 4.98 Å². The summed E-state index contributed by atoms with van der Waals surface area (Å²) in [5, 5.41) is 18.7. The monoisotopic (exact) mass is 422 g/mol. The number of amides is 1. The van der Waals surface area contributed by atoms with Crippen molar-refractivity contribution in [3.63, 3.8) is 0 Å². The number of hydrogen-bond donors (Lipinski definition) is 1. The van der Waals surface area contributed by atoms with Gasteiger partial charge in [-0.1, -0.05) is 22.8 Å². The van der Waals surface area contributed by atoms with Gasteiger partial charge in [0.2, 0.25) is 5.82 Å². The third-order valence-electron chi connectivity index (χ3n) is 3.36. The minimum Gasteiger partial charge on any atom is -0.454 e. The van der Waals surface area contributed by atoms with Crippen LogP contribution < -0.4 is 5.32 Å². The zero-order valence-electron chi connectivity index (χ0n) is 14.0. The van der Waals surface area contributed by atoms with E-state index >= 15 is 0 Å². The minimum absolute atomic E-state index is 0.0126. The summed E-state index contributed by atoms with van der Waals surface area (Å²) in [6, 6.07) is 7.22. The number of thiophene rings is 1. The fraction of sp³-hybridized carbons (Fsp3) is 0.125. The predicted octanol–water partition coefficient (Wildman–Crippen LogP) is 2.83. The number of nitrogens with one attached hydrogen (secondary N) is 1. The van der Waals surface area contributed by atoms with Crippen LogP contribution in [0.15, 0.2) is 40.2 Å². The van der Waals surface area contributed by atoms with Crippen LogP contribution in [0.5, 0.6) is 0 Å². The molecule has 1 N–H and O–H groups in total. The lowest BCUT2D eigenvalue weighted by atomic mass is 10.2. The molecule has 2 heterocycles. The van der Waals surface area contributed by atoms with Gasteiger partial charge < -0.3 is 14.6 Å². The second-order valence-electron chi connectivity index (χ2n) is 5.26. The molecule has 0 aliphatic rings. The van der Waals surface area contributed by atoms with E-state index in [9.17, 15) is 19.7 Å². The van der Waals surface area contributed by atoms with Gasteiger partial charge >= 0.3 is 5.97 Å². The molecule has 3 rings (SSSR count). The molecule has 0 aliphatic carbocycles. The van der Waals surface area contributed by atoms with Crippen LogP contribution in [0, 0.1) is 10.1 Å². The van der Waals surface area contributed by atoms with Crippen LogP contribution >= 0.6 is 22.9 Å². The molecule has 144 valence electrons. The van der Waals surface area contributed by atoms with Gasteiger partial charge in [-0.3, -0.25) is 19.7 Å². The first-order chi connectivity index (χ1) is 13.4. The number of hydrogen-bond acceptors (Lipinski definition) is 9. The lowest BCUT2D eigenvalue weighted by Gasteiger charge is -2.05. The van der Waals surface area contributed by atoms with Gasteiger partial charge in [-0.25, -0.2) is 0 Å². The molecule has 0 fully saturated rings. The Bertz CT molecular complexity index is 1020. The number of nitro benzene ring substituents is 1. The number of benzene rings is 1. The van der Waals surface area contributed by atoms with E-state index in [1.165, 1.54) is 23.5 Å². The van der Waals surface area contributed by atoms with E-state index in [0.29, 0.717) is 5.82 Å². The number of carbonyl (C=O) groups excluding carboxylic acids is 2. The Labute approximate surface area is 166 Å². The number of aromatic nitrogens is 2. The molecule has 1 aromatic carbocycles. The lowest BCUT2D eigenvalue weighted by Crippen LogP contribution is -2.30. The molecule has 0 atom stereocenters. The smallest absolute Gasteiger partial charge is 0.325 e. The molecule has 0 radical (unpaired) electrons. The average molecular weight is 423 g/mol. The summed E-state index contributed by atoms with van der Waals surface area (Å²) >= 11 is 7.13. The highest BCUT2D eigenvalue weighted by molar-refractivity contribution is 7.13. The van der Waals surface area contributed by atoms with Crippen LogP contribution in [0.3, 0.4) is 0 Å². The summed E-state index contributed by atoms with van der Waals surface area (Å²) in [5.41, 5.74) is -0.420. The summed E-state index contributed by atoms with van der Waals surface area (Å²) in [7, 11) is 0. The van der Waals surface area contributed by atoms with Crippen molar-refractivity contribution in [3.8, 4) is 10.7 Å². The molecule has 0 aliphatic heterocycles. The third kappa shape index (κ3) is 4.69. The molecule has 0 unspecified atom stereocenters. The van der Waals surface area contributed by atoms with Crippen molar-refractivity contribution in [2.45, 2.75) is 6.61 Å². The van der Waals surface area contributed by atoms with E-state index in [0.717, 1.165) is 10.9 Å². The maximum atomic E-state index is 12.0. The topological polar surface area (TPSA) is 137 Å². The molecule has 12 heteroatoms. The summed E-state index contributed by atoms with van der Waals surface area (Å²) in [4.78, 5) is 38.8. The quantitative estimate of drug-likeness (QED) is 0.348. The summed E-state index contributed by atoms with van der Waals surface area (Å²) < 4.78 is 9.94. The largest absolute Gasteiger partial charge is 0.454 e. The highest BCUT2D eigenvalue weighted by Crippen LogP contribution is 2.25. The van der Waals surface area contributed by atoms with Crippen LogP contribution in [-0.2, 0) is 16.1 Å². The maximum absolute atomic E-state index is 12.0. The van der Waals surface area contributed by atoms with Gasteiger partial charge in [0, 0.05) is 11.6 Å². The second kappa shape index (κ2) is 8.59. The average Bonchev–Trinajstić information content (AvgIpc) is 3.36. The molecule has 0 spiro atoms. The molecule has 10 nitrogen and oxygen atoms in total. The van der Waals surface area contributed by atoms with E-state index in [-0.39, 0.29) is 23.1 Å². The number of nitrogens with zero attached hydrogens (tertiary/aromatic N) is 3.